The van der Waals surface area contributed by atoms with Gasteiger partial charge in [0.25, 0.3) is 5.91 Å². The van der Waals surface area contributed by atoms with Crippen LogP contribution in [0.1, 0.15) is 34.9 Å². The van der Waals surface area contributed by atoms with Crippen LogP contribution in [-0.4, -0.2) is 59.3 Å². The van der Waals surface area contributed by atoms with Gasteiger partial charge in [0.2, 0.25) is 5.91 Å². The van der Waals surface area contributed by atoms with Gasteiger partial charge in [0.15, 0.2) is 0 Å². The molecular formula is C21H21F3N6O2. The summed E-state index contributed by atoms with van der Waals surface area (Å²) in [6, 6.07) is 3.83. The number of carbonyl (C=O) groups is 2. The molecule has 32 heavy (non-hydrogen) atoms. The summed E-state index contributed by atoms with van der Waals surface area (Å²) in [5.41, 5.74) is 0.423. The molecule has 8 nitrogen and oxygen atoms in total. The second-order valence-electron chi connectivity index (χ2n) is 7.63. The van der Waals surface area contributed by atoms with Crippen LogP contribution >= 0.6 is 0 Å². The van der Waals surface area contributed by atoms with Gasteiger partial charge in [0.1, 0.15) is 35.6 Å². The summed E-state index contributed by atoms with van der Waals surface area (Å²) in [6.45, 7) is 0.231. The van der Waals surface area contributed by atoms with Crippen LogP contribution in [0.25, 0.3) is 0 Å². The average Bonchev–Trinajstić information content (AvgIpc) is 3.27. The number of anilines is 1. The number of hydrogen-bond donors (Lipinski definition) is 1. The molecular weight excluding hydrogens is 425 g/mol. The summed E-state index contributed by atoms with van der Waals surface area (Å²) in [6.07, 6.45) is 1.67. The Balaban J connectivity index is 1.47. The predicted octanol–water partition coefficient (Wildman–Crippen LogP) is 2.24. The van der Waals surface area contributed by atoms with Crippen LogP contribution < -0.4 is 10.2 Å². The van der Waals surface area contributed by atoms with E-state index in [1.165, 1.54) is 25.7 Å². The average molecular weight is 446 g/mol. The summed E-state index contributed by atoms with van der Waals surface area (Å²) < 4.78 is 42.4. The lowest BCUT2D eigenvalue weighted by atomic mass is 9.92. The molecule has 2 amide bonds. The lowest BCUT2D eigenvalue weighted by Crippen LogP contribution is -2.48. The number of amides is 2. The van der Waals surface area contributed by atoms with Crippen molar-refractivity contribution in [3.63, 3.8) is 0 Å². The maximum absolute atomic E-state index is 15.1. The van der Waals surface area contributed by atoms with Crippen LogP contribution in [0, 0.1) is 17.6 Å². The third-order valence-electron chi connectivity index (χ3n) is 5.62. The van der Waals surface area contributed by atoms with Crippen molar-refractivity contribution < 1.29 is 22.8 Å². The molecule has 1 saturated heterocycles. The Bertz CT molecular complexity index is 1050. The fourth-order valence-corrected chi connectivity index (χ4v) is 4.00. The van der Waals surface area contributed by atoms with Crippen LogP contribution in [-0.2, 0) is 4.79 Å². The Morgan fingerprint density at radius 3 is 2.56 bits per heavy atom. The highest BCUT2D eigenvalue weighted by Crippen LogP contribution is 2.34. The number of carbonyl (C=O) groups excluding carboxylic acids is 2. The van der Waals surface area contributed by atoms with Crippen LogP contribution in [0.2, 0.25) is 0 Å². The highest BCUT2D eigenvalue weighted by Gasteiger charge is 2.40. The van der Waals surface area contributed by atoms with E-state index >= 15 is 4.39 Å². The molecule has 0 spiro atoms. The van der Waals surface area contributed by atoms with Crippen LogP contribution in [0.4, 0.5) is 19.0 Å². The predicted molar refractivity (Wildman–Crippen MR) is 110 cm³/mol. The minimum atomic E-state index is -1.52. The van der Waals surface area contributed by atoms with Crippen molar-refractivity contribution >= 4 is 23.8 Å². The van der Waals surface area contributed by atoms with Crippen molar-refractivity contribution in [1.82, 2.24) is 20.3 Å². The normalized spacial score (nSPS) is 22.8. The molecule has 0 bridgehead atoms. The third kappa shape index (κ3) is 4.27. The van der Waals surface area contributed by atoms with Crippen LogP contribution in [0.3, 0.4) is 0 Å². The summed E-state index contributed by atoms with van der Waals surface area (Å²) in [4.78, 5) is 34.5. The standard InChI is InChI=1S/C21H21F3N6O2/c1-25-20(31)17-9-19(27-11-26-17)29-5-3-15(16(24)10-29)21(32)30-18(2-4-28-30)12-6-13(22)8-14(23)7-12/h4,6-9,11,15-16,18H,2-3,5,10H2,1H3,(H,25,31)/t15-,16+,18+/m1/s1. The van der Waals surface area contributed by atoms with Crippen molar-refractivity contribution in [2.45, 2.75) is 25.1 Å². The molecule has 2 aromatic rings. The molecule has 0 radical (unpaired) electrons. The molecule has 2 aliphatic heterocycles. The first-order valence-electron chi connectivity index (χ1n) is 10.1. The summed E-state index contributed by atoms with van der Waals surface area (Å²) in [7, 11) is 1.48. The highest BCUT2D eigenvalue weighted by atomic mass is 19.1. The van der Waals surface area contributed by atoms with Crippen LogP contribution in [0.5, 0.6) is 0 Å². The Morgan fingerprint density at radius 2 is 1.88 bits per heavy atom. The molecule has 0 aliphatic carbocycles. The Hall–Kier alpha value is -3.50. The van der Waals surface area contributed by atoms with Crippen molar-refractivity contribution in [1.29, 1.82) is 0 Å². The minimum absolute atomic E-state index is 0.0998. The van der Waals surface area contributed by atoms with E-state index in [0.29, 0.717) is 12.4 Å². The Morgan fingerprint density at radius 1 is 1.12 bits per heavy atom. The van der Waals surface area contributed by atoms with E-state index in [4.69, 9.17) is 0 Å². The van der Waals surface area contributed by atoms with Gasteiger partial charge in [-0.3, -0.25) is 9.59 Å². The fourth-order valence-electron chi connectivity index (χ4n) is 4.00. The number of benzene rings is 1. The summed E-state index contributed by atoms with van der Waals surface area (Å²) >= 11 is 0. The van der Waals surface area contributed by atoms with Crippen molar-refractivity contribution in [3.05, 3.63) is 53.5 Å². The van der Waals surface area contributed by atoms with E-state index in [-0.39, 0.29) is 36.6 Å². The number of alkyl halides is 1. The van der Waals surface area contributed by atoms with E-state index in [2.05, 4.69) is 20.4 Å². The van der Waals surface area contributed by atoms with Gasteiger partial charge in [-0.05, 0) is 24.1 Å². The first-order valence-corrected chi connectivity index (χ1v) is 10.1. The monoisotopic (exact) mass is 446 g/mol. The van der Waals surface area contributed by atoms with Gasteiger partial charge >= 0.3 is 0 Å². The third-order valence-corrected chi connectivity index (χ3v) is 5.62. The number of aromatic nitrogens is 2. The summed E-state index contributed by atoms with van der Waals surface area (Å²) in [5.74, 6) is -2.99. The first-order chi connectivity index (χ1) is 15.4. The molecule has 4 rings (SSSR count). The van der Waals surface area contributed by atoms with Gasteiger partial charge in [-0.15, -0.1) is 0 Å². The Kier molecular flexibility index (Phi) is 6.06. The van der Waals surface area contributed by atoms with Gasteiger partial charge in [0, 0.05) is 38.4 Å². The minimum Gasteiger partial charge on any atom is -0.354 e. The smallest absolute Gasteiger partial charge is 0.269 e. The number of halogens is 3. The molecule has 168 valence electrons. The van der Waals surface area contributed by atoms with Crippen LogP contribution in [0.15, 0.2) is 35.7 Å². The molecule has 0 saturated carbocycles. The van der Waals surface area contributed by atoms with E-state index in [1.807, 2.05) is 0 Å². The fraction of sp³-hybridized carbons (Fsp3) is 0.381. The lowest BCUT2D eigenvalue weighted by molar-refractivity contribution is -0.140. The highest BCUT2D eigenvalue weighted by molar-refractivity contribution is 5.92. The topological polar surface area (TPSA) is 90.8 Å². The molecule has 11 heteroatoms. The SMILES string of the molecule is CNC(=O)c1cc(N2CC[C@@H](C(=O)N3N=CC[C@H]3c3cc(F)cc(F)c3)[C@@H](F)C2)ncn1. The zero-order valence-electron chi connectivity index (χ0n) is 17.2. The largest absolute Gasteiger partial charge is 0.354 e. The first kappa shape index (κ1) is 21.7. The van der Waals surface area contributed by atoms with Crippen molar-refractivity contribution in [3.8, 4) is 0 Å². The van der Waals surface area contributed by atoms with E-state index < -0.39 is 35.7 Å². The zero-order valence-corrected chi connectivity index (χ0v) is 17.2. The number of piperidine rings is 1. The molecule has 0 unspecified atom stereocenters. The van der Waals surface area contributed by atoms with Gasteiger partial charge in [-0.25, -0.2) is 28.1 Å². The van der Waals surface area contributed by atoms with E-state index in [1.54, 1.807) is 4.90 Å². The molecule has 1 fully saturated rings. The quantitative estimate of drug-likeness (QED) is 0.778. The molecule has 1 N–H and O–H groups in total. The molecule has 3 atom stereocenters. The second-order valence-corrected chi connectivity index (χ2v) is 7.63. The molecule has 1 aromatic heterocycles. The van der Waals surface area contributed by atoms with Gasteiger partial charge in [-0.2, -0.15) is 5.10 Å². The van der Waals surface area contributed by atoms with Crippen molar-refractivity contribution in [2.75, 3.05) is 25.0 Å². The van der Waals surface area contributed by atoms with Crippen molar-refractivity contribution in [2.24, 2.45) is 11.0 Å². The van der Waals surface area contributed by atoms with Gasteiger partial charge < -0.3 is 10.2 Å². The number of hydrazone groups is 1. The van der Waals surface area contributed by atoms with E-state index in [9.17, 15) is 18.4 Å². The molecule has 2 aliphatic rings. The number of nitrogens with one attached hydrogen (secondary N) is 1. The number of nitrogens with zero attached hydrogens (tertiary/aromatic N) is 5. The van der Waals surface area contributed by atoms with Gasteiger partial charge in [-0.1, -0.05) is 0 Å². The Labute approximate surface area is 182 Å². The zero-order chi connectivity index (χ0) is 22.8. The second kappa shape index (κ2) is 8.93. The maximum atomic E-state index is 15.1. The summed E-state index contributed by atoms with van der Waals surface area (Å²) in [5, 5.41) is 7.63. The lowest BCUT2D eigenvalue weighted by Gasteiger charge is -2.36. The number of rotatable bonds is 4. The number of hydrogen-bond acceptors (Lipinski definition) is 6. The van der Waals surface area contributed by atoms with E-state index in [0.717, 1.165) is 23.2 Å². The molecule has 1 aromatic carbocycles. The molecule has 3 heterocycles. The maximum Gasteiger partial charge on any atom is 0.269 e. The van der Waals surface area contributed by atoms with Gasteiger partial charge in [0.05, 0.1) is 18.5 Å².